The second-order valence-corrected chi connectivity index (χ2v) is 6.39. The molecular weight excluding hydrogens is 347 g/mol. The Morgan fingerprint density at radius 2 is 2.20 bits per heavy atom. The van der Waals surface area contributed by atoms with E-state index < -0.39 is 0 Å². The van der Waals surface area contributed by atoms with Gasteiger partial charge < -0.3 is 10.2 Å². The highest BCUT2D eigenvalue weighted by atomic mass is 79.9. The molecule has 0 aliphatic carbocycles. The van der Waals surface area contributed by atoms with E-state index in [0.717, 1.165) is 39.0 Å². The van der Waals surface area contributed by atoms with E-state index in [9.17, 15) is 9.18 Å². The monoisotopic (exact) mass is 362 g/mol. The molecule has 1 amide bonds. The van der Waals surface area contributed by atoms with Gasteiger partial charge in [-0.3, -0.25) is 4.79 Å². The highest BCUT2D eigenvalue weighted by Crippen LogP contribution is 2.36. The molecule has 1 spiro atoms. The number of hydrogen-bond acceptors (Lipinski definition) is 2. The van der Waals surface area contributed by atoms with Gasteiger partial charge in [-0.05, 0) is 53.5 Å². The van der Waals surface area contributed by atoms with Crippen molar-refractivity contribution in [2.24, 2.45) is 5.41 Å². The lowest BCUT2D eigenvalue weighted by Crippen LogP contribution is -2.33. The zero-order chi connectivity index (χ0) is 13.5. The van der Waals surface area contributed by atoms with Crippen molar-refractivity contribution >= 4 is 34.2 Å². The van der Waals surface area contributed by atoms with Gasteiger partial charge in [-0.2, -0.15) is 0 Å². The Balaban J connectivity index is 0.00000147. The zero-order valence-electron chi connectivity index (χ0n) is 11.0. The first-order valence-electron chi connectivity index (χ1n) is 6.55. The molecule has 3 rings (SSSR count). The third-order valence-electron chi connectivity index (χ3n) is 4.22. The van der Waals surface area contributed by atoms with Gasteiger partial charge in [0.2, 0.25) is 0 Å². The highest BCUT2D eigenvalue weighted by Gasteiger charge is 2.41. The van der Waals surface area contributed by atoms with Crippen LogP contribution in [0.5, 0.6) is 0 Å². The van der Waals surface area contributed by atoms with Crippen molar-refractivity contribution in [1.82, 2.24) is 10.2 Å². The van der Waals surface area contributed by atoms with E-state index in [2.05, 4.69) is 21.2 Å². The standard InChI is InChI=1S/C14H16BrFN2O.ClH/c15-11-2-1-10(7-12(11)16)13(19)18-6-4-14(9-18)3-5-17-8-14;/h1-2,7,17H,3-6,8-9H2;1H. The van der Waals surface area contributed by atoms with Crippen LogP contribution in [0.3, 0.4) is 0 Å². The molecule has 1 unspecified atom stereocenters. The summed E-state index contributed by atoms with van der Waals surface area (Å²) in [4.78, 5) is 14.2. The van der Waals surface area contributed by atoms with E-state index in [1.807, 2.05) is 4.90 Å². The van der Waals surface area contributed by atoms with Crippen LogP contribution in [0.2, 0.25) is 0 Å². The smallest absolute Gasteiger partial charge is 0.253 e. The minimum atomic E-state index is -0.387. The van der Waals surface area contributed by atoms with Crippen LogP contribution in [-0.2, 0) is 0 Å². The van der Waals surface area contributed by atoms with Crippen LogP contribution in [0.15, 0.2) is 22.7 Å². The van der Waals surface area contributed by atoms with E-state index in [1.165, 1.54) is 6.07 Å². The SMILES string of the molecule is Cl.O=C(c1ccc(Br)c(F)c1)N1CCC2(CCNC2)C1. The second kappa shape index (κ2) is 6.00. The van der Waals surface area contributed by atoms with Crippen LogP contribution in [-0.4, -0.2) is 37.0 Å². The lowest BCUT2D eigenvalue weighted by atomic mass is 9.86. The number of benzene rings is 1. The number of likely N-dealkylation sites (tertiary alicyclic amines) is 1. The van der Waals surface area contributed by atoms with Crippen molar-refractivity contribution in [3.05, 3.63) is 34.1 Å². The summed E-state index contributed by atoms with van der Waals surface area (Å²) in [5.74, 6) is -0.447. The molecule has 2 aliphatic rings. The van der Waals surface area contributed by atoms with E-state index in [1.54, 1.807) is 12.1 Å². The van der Waals surface area contributed by atoms with Gasteiger partial charge in [0.05, 0.1) is 4.47 Å². The topological polar surface area (TPSA) is 32.3 Å². The van der Waals surface area contributed by atoms with E-state index in [0.29, 0.717) is 10.0 Å². The number of rotatable bonds is 1. The Bertz CT molecular complexity index is 520. The maximum Gasteiger partial charge on any atom is 0.253 e. The summed E-state index contributed by atoms with van der Waals surface area (Å²) in [7, 11) is 0. The normalized spacial score (nSPS) is 25.0. The first kappa shape index (κ1) is 15.7. The average molecular weight is 364 g/mol. The van der Waals surface area contributed by atoms with Crippen LogP contribution < -0.4 is 5.32 Å². The minimum absolute atomic E-state index is 0. The van der Waals surface area contributed by atoms with E-state index >= 15 is 0 Å². The largest absolute Gasteiger partial charge is 0.338 e. The summed E-state index contributed by atoms with van der Waals surface area (Å²) in [5.41, 5.74) is 0.688. The molecule has 2 saturated heterocycles. The summed E-state index contributed by atoms with van der Waals surface area (Å²) >= 11 is 3.10. The van der Waals surface area contributed by atoms with Gasteiger partial charge in [0.25, 0.3) is 5.91 Å². The summed E-state index contributed by atoms with van der Waals surface area (Å²) in [6.45, 7) is 3.59. The first-order chi connectivity index (χ1) is 9.10. The van der Waals surface area contributed by atoms with Crippen LogP contribution in [0, 0.1) is 11.2 Å². The lowest BCUT2D eigenvalue weighted by Gasteiger charge is -2.22. The lowest BCUT2D eigenvalue weighted by molar-refractivity contribution is 0.0775. The van der Waals surface area contributed by atoms with Crippen molar-refractivity contribution in [2.75, 3.05) is 26.2 Å². The molecule has 0 bridgehead atoms. The molecule has 1 N–H and O–H groups in total. The van der Waals surface area contributed by atoms with Gasteiger partial charge in [-0.25, -0.2) is 4.39 Å². The third-order valence-corrected chi connectivity index (χ3v) is 4.87. The molecule has 2 heterocycles. The van der Waals surface area contributed by atoms with Crippen molar-refractivity contribution in [1.29, 1.82) is 0 Å². The number of nitrogens with one attached hydrogen (secondary N) is 1. The Kier molecular flexibility index (Phi) is 4.72. The predicted molar refractivity (Wildman–Crippen MR) is 81.8 cm³/mol. The Hall–Kier alpha value is -0.650. The number of amides is 1. The predicted octanol–water partition coefficient (Wildman–Crippen LogP) is 2.84. The molecule has 2 aliphatic heterocycles. The van der Waals surface area contributed by atoms with E-state index in [4.69, 9.17) is 0 Å². The average Bonchev–Trinajstić information content (AvgIpc) is 3.03. The van der Waals surface area contributed by atoms with Gasteiger partial charge in [0.15, 0.2) is 0 Å². The Labute approximate surface area is 132 Å². The quantitative estimate of drug-likeness (QED) is 0.832. The fourth-order valence-corrected chi connectivity index (χ4v) is 3.31. The maximum atomic E-state index is 13.5. The van der Waals surface area contributed by atoms with Gasteiger partial charge in [-0.1, -0.05) is 0 Å². The zero-order valence-corrected chi connectivity index (χ0v) is 13.4. The third kappa shape index (κ3) is 2.85. The van der Waals surface area contributed by atoms with Crippen molar-refractivity contribution in [3.8, 4) is 0 Å². The minimum Gasteiger partial charge on any atom is -0.338 e. The second-order valence-electron chi connectivity index (χ2n) is 5.53. The van der Waals surface area contributed by atoms with Crippen LogP contribution in [0.25, 0.3) is 0 Å². The molecule has 0 aromatic heterocycles. The summed E-state index contributed by atoms with van der Waals surface area (Å²) < 4.78 is 13.9. The summed E-state index contributed by atoms with van der Waals surface area (Å²) in [6.07, 6.45) is 2.18. The van der Waals surface area contributed by atoms with Crippen molar-refractivity contribution < 1.29 is 9.18 Å². The van der Waals surface area contributed by atoms with Crippen LogP contribution in [0.1, 0.15) is 23.2 Å². The molecule has 3 nitrogen and oxygen atoms in total. The van der Waals surface area contributed by atoms with Gasteiger partial charge in [-0.15, -0.1) is 12.4 Å². The van der Waals surface area contributed by atoms with Crippen LogP contribution >= 0.6 is 28.3 Å². The van der Waals surface area contributed by atoms with E-state index in [-0.39, 0.29) is 29.5 Å². The molecule has 110 valence electrons. The maximum absolute atomic E-state index is 13.5. The molecule has 20 heavy (non-hydrogen) atoms. The summed E-state index contributed by atoms with van der Waals surface area (Å²) in [6, 6.07) is 4.57. The molecule has 0 saturated carbocycles. The number of carbonyl (C=O) groups is 1. The highest BCUT2D eigenvalue weighted by molar-refractivity contribution is 9.10. The molecule has 6 heteroatoms. The fraction of sp³-hybridized carbons (Fsp3) is 0.500. The summed E-state index contributed by atoms with van der Waals surface area (Å²) in [5, 5.41) is 3.37. The molecule has 0 radical (unpaired) electrons. The number of nitrogens with zero attached hydrogens (tertiary/aromatic N) is 1. The molecular formula is C14H17BrClFN2O. The number of halogens is 3. The van der Waals surface area contributed by atoms with Gasteiger partial charge in [0, 0.05) is 30.6 Å². The van der Waals surface area contributed by atoms with Crippen molar-refractivity contribution in [3.63, 3.8) is 0 Å². The van der Waals surface area contributed by atoms with Gasteiger partial charge in [0.1, 0.15) is 5.82 Å². The Morgan fingerprint density at radius 3 is 2.85 bits per heavy atom. The van der Waals surface area contributed by atoms with Crippen molar-refractivity contribution in [2.45, 2.75) is 12.8 Å². The first-order valence-corrected chi connectivity index (χ1v) is 7.34. The molecule has 1 aromatic rings. The number of carbonyl (C=O) groups excluding carboxylic acids is 1. The van der Waals surface area contributed by atoms with Gasteiger partial charge >= 0.3 is 0 Å². The Morgan fingerprint density at radius 1 is 1.40 bits per heavy atom. The molecule has 2 fully saturated rings. The molecule has 1 aromatic carbocycles. The number of hydrogen-bond donors (Lipinski definition) is 1. The fourth-order valence-electron chi connectivity index (χ4n) is 3.06. The molecule has 1 atom stereocenters. The van der Waals surface area contributed by atoms with Crippen LogP contribution in [0.4, 0.5) is 4.39 Å².